The number of carbonyl (C=O) groups is 2. The van der Waals surface area contributed by atoms with E-state index in [1.54, 1.807) is 11.9 Å². The number of piperazine rings is 1. The van der Waals surface area contributed by atoms with E-state index < -0.39 is 6.04 Å². The smallest absolute Gasteiger partial charge is 0.246 e. The average Bonchev–Trinajstić information content (AvgIpc) is 3.34. The largest absolute Gasteiger partial charge is 0.454 e. The number of fused-ring (bicyclic) bond motifs is 5. The number of carbonyl (C=O) groups excluding carboxylic acids is 2. The number of hydrogen-bond donors (Lipinski definition) is 1. The normalized spacial score (nSPS) is 22.8. The summed E-state index contributed by atoms with van der Waals surface area (Å²) in [5.41, 5.74) is 3.99. The van der Waals surface area contributed by atoms with Crippen molar-refractivity contribution in [3.63, 3.8) is 0 Å². The van der Waals surface area contributed by atoms with Gasteiger partial charge in [0.05, 0.1) is 12.6 Å². The van der Waals surface area contributed by atoms with Crippen LogP contribution in [0.1, 0.15) is 22.9 Å². The van der Waals surface area contributed by atoms with Gasteiger partial charge in [-0.05, 0) is 23.8 Å². The number of likely N-dealkylation sites (N-methyl/N-ethyl adjacent to an activating group) is 1. The molecule has 1 N–H and O–H groups in total. The molecule has 3 aliphatic rings. The van der Waals surface area contributed by atoms with E-state index in [2.05, 4.69) is 11.1 Å². The third kappa shape index (κ3) is 2.24. The lowest BCUT2D eigenvalue weighted by Crippen LogP contribution is -2.62. The molecule has 0 bridgehead atoms. The van der Waals surface area contributed by atoms with Gasteiger partial charge < -0.3 is 24.3 Å². The number of nitrogens with zero attached hydrogens (tertiary/aromatic N) is 2. The highest BCUT2D eigenvalue weighted by Gasteiger charge is 2.47. The van der Waals surface area contributed by atoms with Crippen LogP contribution in [0.3, 0.4) is 0 Å². The van der Waals surface area contributed by atoms with Crippen LogP contribution >= 0.6 is 0 Å². The van der Waals surface area contributed by atoms with Crippen LogP contribution in [-0.2, 0) is 16.0 Å². The van der Waals surface area contributed by atoms with Gasteiger partial charge in [0.25, 0.3) is 0 Å². The fourth-order valence-corrected chi connectivity index (χ4v) is 4.85. The van der Waals surface area contributed by atoms with Crippen LogP contribution < -0.4 is 9.47 Å². The molecule has 3 aliphatic heterocycles. The Morgan fingerprint density at radius 3 is 2.79 bits per heavy atom. The Bertz CT molecular complexity index is 1180. The van der Waals surface area contributed by atoms with E-state index in [1.807, 2.05) is 36.4 Å². The van der Waals surface area contributed by atoms with Gasteiger partial charge >= 0.3 is 0 Å². The van der Waals surface area contributed by atoms with Crippen LogP contribution in [0.25, 0.3) is 10.9 Å². The third-order valence-corrected chi connectivity index (χ3v) is 6.15. The lowest BCUT2D eigenvalue weighted by molar-refractivity contribution is -0.157. The highest BCUT2D eigenvalue weighted by Crippen LogP contribution is 2.45. The number of hydrogen-bond acceptors (Lipinski definition) is 4. The number of ether oxygens (including phenoxy) is 2. The number of nitrogens with one attached hydrogen (secondary N) is 1. The topological polar surface area (TPSA) is 74.9 Å². The van der Waals surface area contributed by atoms with Crippen LogP contribution in [0.2, 0.25) is 0 Å². The Morgan fingerprint density at radius 2 is 1.90 bits per heavy atom. The molecule has 6 rings (SSSR count). The van der Waals surface area contributed by atoms with Crippen molar-refractivity contribution in [2.45, 2.75) is 18.5 Å². The van der Waals surface area contributed by atoms with Gasteiger partial charge in [0, 0.05) is 35.6 Å². The molecule has 1 saturated heterocycles. The first-order chi connectivity index (χ1) is 14.1. The summed E-state index contributed by atoms with van der Waals surface area (Å²) in [6, 6.07) is 13.0. The third-order valence-electron chi connectivity index (χ3n) is 6.15. The molecule has 0 aliphatic carbocycles. The molecule has 4 heterocycles. The maximum Gasteiger partial charge on any atom is 0.246 e. The molecule has 1 aromatic heterocycles. The summed E-state index contributed by atoms with van der Waals surface area (Å²) >= 11 is 0. The summed E-state index contributed by atoms with van der Waals surface area (Å²) in [6.07, 6.45) is 0.486. The molecular weight excluding hydrogens is 370 g/mol. The molecule has 7 heteroatoms. The van der Waals surface area contributed by atoms with Crippen molar-refractivity contribution < 1.29 is 19.1 Å². The van der Waals surface area contributed by atoms with Crippen LogP contribution in [0, 0.1) is 0 Å². The molecule has 0 saturated carbocycles. The molecule has 2 amide bonds. The number of aromatic nitrogens is 1. The summed E-state index contributed by atoms with van der Waals surface area (Å²) < 4.78 is 11.0. The Balaban J connectivity index is 1.60. The molecule has 1 fully saturated rings. The standard InChI is InChI=1S/C22H19N3O4/c1-24-10-19(26)25-16(22(24)27)9-15-20(13-4-2-3-5-14(13)23-15)21(25)12-6-7-17-18(8-12)29-11-28-17/h2-8,16,21,23H,9-11H2,1H3/t16-,21?/m1/s1. The average molecular weight is 389 g/mol. The Labute approximate surface area is 166 Å². The highest BCUT2D eigenvalue weighted by atomic mass is 16.7. The van der Waals surface area contributed by atoms with Crippen LogP contribution in [0.15, 0.2) is 42.5 Å². The first kappa shape index (κ1) is 16.5. The zero-order valence-electron chi connectivity index (χ0n) is 15.8. The summed E-state index contributed by atoms with van der Waals surface area (Å²) in [5.74, 6) is 1.29. The highest BCUT2D eigenvalue weighted by molar-refractivity contribution is 5.97. The molecule has 0 radical (unpaired) electrons. The van der Waals surface area contributed by atoms with E-state index >= 15 is 0 Å². The fourth-order valence-electron chi connectivity index (χ4n) is 4.85. The second-order valence-electron chi connectivity index (χ2n) is 7.79. The van der Waals surface area contributed by atoms with Gasteiger partial charge in [-0.1, -0.05) is 24.3 Å². The van der Waals surface area contributed by atoms with E-state index in [4.69, 9.17) is 9.47 Å². The van der Waals surface area contributed by atoms with E-state index in [1.165, 1.54) is 4.90 Å². The number of benzene rings is 2. The predicted molar refractivity (Wildman–Crippen MR) is 105 cm³/mol. The Morgan fingerprint density at radius 1 is 1.07 bits per heavy atom. The lowest BCUT2D eigenvalue weighted by Gasteiger charge is -2.46. The minimum absolute atomic E-state index is 0.0281. The summed E-state index contributed by atoms with van der Waals surface area (Å²) in [6.45, 7) is 0.282. The van der Waals surface area contributed by atoms with E-state index in [-0.39, 0.29) is 31.2 Å². The second-order valence-corrected chi connectivity index (χ2v) is 7.79. The van der Waals surface area contributed by atoms with Crippen molar-refractivity contribution in [2.24, 2.45) is 0 Å². The van der Waals surface area contributed by atoms with Crippen LogP contribution in [-0.4, -0.2) is 53.0 Å². The van der Waals surface area contributed by atoms with E-state index in [9.17, 15) is 9.59 Å². The number of rotatable bonds is 1. The van der Waals surface area contributed by atoms with Gasteiger partial charge in [0.15, 0.2) is 11.5 Å². The minimum atomic E-state index is -0.516. The van der Waals surface area contributed by atoms with Gasteiger partial charge in [0.1, 0.15) is 6.04 Å². The van der Waals surface area contributed by atoms with Crippen molar-refractivity contribution in [1.82, 2.24) is 14.8 Å². The molecule has 2 atom stereocenters. The maximum absolute atomic E-state index is 13.1. The van der Waals surface area contributed by atoms with Crippen molar-refractivity contribution in [1.29, 1.82) is 0 Å². The van der Waals surface area contributed by atoms with E-state index in [0.717, 1.165) is 27.7 Å². The van der Waals surface area contributed by atoms with Crippen molar-refractivity contribution >= 4 is 22.7 Å². The zero-order valence-corrected chi connectivity index (χ0v) is 15.8. The minimum Gasteiger partial charge on any atom is -0.454 e. The quantitative estimate of drug-likeness (QED) is 0.693. The molecule has 29 heavy (non-hydrogen) atoms. The molecule has 7 nitrogen and oxygen atoms in total. The fraction of sp³-hybridized carbons (Fsp3) is 0.273. The second kappa shape index (κ2) is 5.76. The molecule has 146 valence electrons. The SMILES string of the molecule is CN1CC(=O)N2C(c3ccc4c(c3)OCO4)c3c([nH]c4ccccc34)C[C@@H]2C1=O. The van der Waals surface area contributed by atoms with Gasteiger partial charge in [0.2, 0.25) is 18.6 Å². The van der Waals surface area contributed by atoms with Crippen LogP contribution in [0.4, 0.5) is 0 Å². The van der Waals surface area contributed by atoms with Gasteiger partial charge in [-0.15, -0.1) is 0 Å². The number of amides is 2. The Hall–Kier alpha value is -3.48. The maximum atomic E-state index is 13.1. The molecule has 3 aromatic rings. The molecule has 2 aromatic carbocycles. The van der Waals surface area contributed by atoms with E-state index in [0.29, 0.717) is 17.9 Å². The molecular formula is C22H19N3O4. The van der Waals surface area contributed by atoms with Crippen molar-refractivity contribution in [3.8, 4) is 11.5 Å². The summed E-state index contributed by atoms with van der Waals surface area (Å²) in [7, 11) is 1.69. The zero-order chi connectivity index (χ0) is 19.7. The predicted octanol–water partition coefficient (Wildman–Crippen LogP) is 2.21. The first-order valence-corrected chi connectivity index (χ1v) is 9.67. The summed E-state index contributed by atoms with van der Waals surface area (Å²) in [4.78, 5) is 32.9. The number of H-pyrrole nitrogens is 1. The van der Waals surface area contributed by atoms with Gasteiger partial charge in [-0.2, -0.15) is 0 Å². The molecule has 0 spiro atoms. The van der Waals surface area contributed by atoms with Gasteiger partial charge in [-0.25, -0.2) is 0 Å². The van der Waals surface area contributed by atoms with Crippen LogP contribution in [0.5, 0.6) is 11.5 Å². The lowest BCUT2D eigenvalue weighted by atomic mass is 9.85. The summed E-state index contributed by atoms with van der Waals surface area (Å²) in [5, 5.41) is 1.07. The number of aromatic amines is 1. The van der Waals surface area contributed by atoms with Crippen molar-refractivity contribution in [2.75, 3.05) is 20.4 Å². The Kier molecular flexibility index (Phi) is 3.27. The first-order valence-electron chi connectivity index (χ1n) is 9.67. The molecule has 1 unspecified atom stereocenters. The monoisotopic (exact) mass is 389 g/mol. The van der Waals surface area contributed by atoms with Crippen molar-refractivity contribution in [3.05, 3.63) is 59.3 Å². The number of para-hydroxylation sites is 1. The van der Waals surface area contributed by atoms with Gasteiger partial charge in [-0.3, -0.25) is 9.59 Å².